The standard InChI is InChI=1S/C14H25N5O/c1-11(2)7-6-10-20-14-17-12(15-3)16-13(18-14)19-8-4-5-9-19/h11H,4-10H2,1-3H3,(H,15,16,17,18). The van der Waals surface area contributed by atoms with E-state index in [4.69, 9.17) is 4.74 Å². The molecule has 20 heavy (non-hydrogen) atoms. The second-order valence-corrected chi connectivity index (χ2v) is 5.57. The van der Waals surface area contributed by atoms with E-state index >= 15 is 0 Å². The van der Waals surface area contributed by atoms with E-state index in [9.17, 15) is 0 Å². The Morgan fingerprint density at radius 1 is 1.20 bits per heavy atom. The van der Waals surface area contributed by atoms with Crippen molar-refractivity contribution in [3.8, 4) is 6.01 Å². The largest absolute Gasteiger partial charge is 0.463 e. The molecule has 0 unspecified atom stereocenters. The predicted molar refractivity (Wildman–Crippen MR) is 80.4 cm³/mol. The first-order valence-electron chi connectivity index (χ1n) is 7.50. The van der Waals surface area contributed by atoms with Crippen molar-refractivity contribution in [3.05, 3.63) is 0 Å². The van der Waals surface area contributed by atoms with Gasteiger partial charge in [0, 0.05) is 20.1 Å². The number of aromatic nitrogens is 3. The summed E-state index contributed by atoms with van der Waals surface area (Å²) in [4.78, 5) is 15.3. The normalized spacial score (nSPS) is 14.9. The zero-order valence-corrected chi connectivity index (χ0v) is 12.7. The highest BCUT2D eigenvalue weighted by Crippen LogP contribution is 2.19. The average Bonchev–Trinajstić information content (AvgIpc) is 2.97. The van der Waals surface area contributed by atoms with Crippen molar-refractivity contribution in [1.29, 1.82) is 0 Å². The van der Waals surface area contributed by atoms with Crippen LogP contribution < -0.4 is 15.0 Å². The number of rotatable bonds is 7. The van der Waals surface area contributed by atoms with Gasteiger partial charge in [-0.25, -0.2) is 0 Å². The van der Waals surface area contributed by atoms with Gasteiger partial charge in [-0.1, -0.05) is 13.8 Å². The molecule has 0 bridgehead atoms. The molecule has 1 N–H and O–H groups in total. The van der Waals surface area contributed by atoms with Crippen LogP contribution in [0.1, 0.15) is 39.5 Å². The number of hydrogen-bond donors (Lipinski definition) is 1. The van der Waals surface area contributed by atoms with Gasteiger partial charge < -0.3 is 15.0 Å². The molecule has 1 aromatic rings. The number of hydrogen-bond acceptors (Lipinski definition) is 6. The molecule has 112 valence electrons. The van der Waals surface area contributed by atoms with Crippen molar-refractivity contribution in [2.24, 2.45) is 5.92 Å². The second-order valence-electron chi connectivity index (χ2n) is 5.57. The molecule has 1 fully saturated rings. The Kier molecular flexibility index (Phi) is 5.38. The highest BCUT2D eigenvalue weighted by Gasteiger charge is 2.17. The van der Waals surface area contributed by atoms with Gasteiger partial charge in [-0.3, -0.25) is 0 Å². The summed E-state index contributed by atoms with van der Waals surface area (Å²) < 4.78 is 5.67. The summed E-state index contributed by atoms with van der Waals surface area (Å²) >= 11 is 0. The summed E-state index contributed by atoms with van der Waals surface area (Å²) in [5, 5.41) is 2.97. The lowest BCUT2D eigenvalue weighted by atomic mass is 10.1. The fourth-order valence-corrected chi connectivity index (χ4v) is 2.24. The summed E-state index contributed by atoms with van der Waals surface area (Å²) in [5.41, 5.74) is 0. The lowest BCUT2D eigenvalue weighted by Gasteiger charge is -2.16. The van der Waals surface area contributed by atoms with Crippen LogP contribution in [-0.4, -0.2) is 41.7 Å². The minimum atomic E-state index is 0.426. The molecule has 0 aromatic carbocycles. The highest BCUT2D eigenvalue weighted by molar-refractivity contribution is 5.38. The van der Waals surface area contributed by atoms with E-state index in [0.29, 0.717) is 24.5 Å². The molecule has 2 rings (SSSR count). The summed E-state index contributed by atoms with van der Waals surface area (Å²) in [6.07, 6.45) is 4.58. The second kappa shape index (κ2) is 7.26. The molecular weight excluding hydrogens is 254 g/mol. The van der Waals surface area contributed by atoms with Crippen LogP contribution in [0.25, 0.3) is 0 Å². The smallest absolute Gasteiger partial charge is 0.323 e. The van der Waals surface area contributed by atoms with Crippen LogP contribution in [0.4, 0.5) is 11.9 Å². The molecule has 0 atom stereocenters. The van der Waals surface area contributed by atoms with Crippen LogP contribution in [0, 0.1) is 5.92 Å². The van der Waals surface area contributed by atoms with Crippen LogP contribution in [0.2, 0.25) is 0 Å². The van der Waals surface area contributed by atoms with E-state index in [-0.39, 0.29) is 0 Å². The molecule has 0 saturated carbocycles. The maximum atomic E-state index is 5.67. The summed E-state index contributed by atoms with van der Waals surface area (Å²) in [7, 11) is 1.81. The Hall–Kier alpha value is -1.59. The molecule has 6 heteroatoms. The topological polar surface area (TPSA) is 63.2 Å². The van der Waals surface area contributed by atoms with Crippen LogP contribution in [-0.2, 0) is 0 Å². The van der Waals surface area contributed by atoms with E-state index in [1.54, 1.807) is 0 Å². The third-order valence-electron chi connectivity index (χ3n) is 3.37. The Bertz CT molecular complexity index is 418. The fourth-order valence-electron chi connectivity index (χ4n) is 2.24. The van der Waals surface area contributed by atoms with E-state index in [2.05, 4.69) is 39.0 Å². The third-order valence-corrected chi connectivity index (χ3v) is 3.37. The number of ether oxygens (including phenoxy) is 1. The quantitative estimate of drug-likeness (QED) is 0.773. The van der Waals surface area contributed by atoms with Gasteiger partial charge >= 0.3 is 6.01 Å². The maximum absolute atomic E-state index is 5.67. The molecule has 0 amide bonds. The first-order chi connectivity index (χ1) is 9.69. The van der Waals surface area contributed by atoms with Crippen LogP contribution in [0.5, 0.6) is 6.01 Å². The van der Waals surface area contributed by atoms with Crippen LogP contribution >= 0.6 is 0 Å². The molecule has 1 aromatic heterocycles. The van der Waals surface area contributed by atoms with Gasteiger partial charge in [-0.05, 0) is 31.6 Å². The zero-order chi connectivity index (χ0) is 14.4. The lowest BCUT2D eigenvalue weighted by molar-refractivity contribution is 0.275. The molecular formula is C14H25N5O. The summed E-state index contributed by atoms with van der Waals surface area (Å²) in [5.74, 6) is 1.99. The van der Waals surface area contributed by atoms with E-state index in [0.717, 1.165) is 31.9 Å². The van der Waals surface area contributed by atoms with E-state index < -0.39 is 0 Å². The zero-order valence-electron chi connectivity index (χ0n) is 12.7. The Morgan fingerprint density at radius 2 is 1.95 bits per heavy atom. The molecule has 1 aliphatic rings. The van der Waals surface area contributed by atoms with Gasteiger partial charge in [0.1, 0.15) is 0 Å². The average molecular weight is 279 g/mol. The first kappa shape index (κ1) is 14.8. The van der Waals surface area contributed by atoms with Crippen LogP contribution in [0.15, 0.2) is 0 Å². The molecule has 1 saturated heterocycles. The van der Waals surface area contributed by atoms with Gasteiger partial charge in [0.15, 0.2) is 0 Å². The van der Waals surface area contributed by atoms with Crippen molar-refractivity contribution in [1.82, 2.24) is 15.0 Å². The summed E-state index contributed by atoms with van der Waals surface area (Å²) in [6.45, 7) is 7.12. The molecule has 2 heterocycles. The summed E-state index contributed by atoms with van der Waals surface area (Å²) in [6, 6.07) is 0.426. The molecule has 0 radical (unpaired) electrons. The van der Waals surface area contributed by atoms with Crippen molar-refractivity contribution < 1.29 is 4.74 Å². The Morgan fingerprint density at radius 3 is 2.60 bits per heavy atom. The highest BCUT2D eigenvalue weighted by atomic mass is 16.5. The predicted octanol–water partition coefficient (Wildman–Crippen LogP) is 2.33. The van der Waals surface area contributed by atoms with Gasteiger partial charge in [-0.15, -0.1) is 0 Å². The van der Waals surface area contributed by atoms with Gasteiger partial charge in [-0.2, -0.15) is 15.0 Å². The SMILES string of the molecule is CNc1nc(OCCCC(C)C)nc(N2CCCC2)n1. The maximum Gasteiger partial charge on any atom is 0.323 e. The molecule has 6 nitrogen and oxygen atoms in total. The van der Waals surface area contributed by atoms with E-state index in [1.807, 2.05) is 7.05 Å². The first-order valence-corrected chi connectivity index (χ1v) is 7.50. The Balaban J connectivity index is 1.98. The minimum Gasteiger partial charge on any atom is -0.463 e. The van der Waals surface area contributed by atoms with Gasteiger partial charge in [0.2, 0.25) is 11.9 Å². The van der Waals surface area contributed by atoms with Crippen molar-refractivity contribution in [2.75, 3.05) is 37.0 Å². The fraction of sp³-hybridized carbons (Fsp3) is 0.786. The van der Waals surface area contributed by atoms with Gasteiger partial charge in [0.25, 0.3) is 0 Å². The Labute approximate surface area is 121 Å². The number of nitrogens with zero attached hydrogens (tertiary/aromatic N) is 4. The minimum absolute atomic E-state index is 0.426. The van der Waals surface area contributed by atoms with Crippen molar-refractivity contribution >= 4 is 11.9 Å². The molecule has 0 aliphatic carbocycles. The number of anilines is 2. The van der Waals surface area contributed by atoms with Crippen LogP contribution in [0.3, 0.4) is 0 Å². The van der Waals surface area contributed by atoms with Gasteiger partial charge in [0.05, 0.1) is 6.61 Å². The third kappa shape index (κ3) is 4.21. The monoisotopic (exact) mass is 279 g/mol. The molecule has 0 spiro atoms. The van der Waals surface area contributed by atoms with Crippen molar-refractivity contribution in [3.63, 3.8) is 0 Å². The van der Waals surface area contributed by atoms with E-state index in [1.165, 1.54) is 12.8 Å². The number of nitrogens with one attached hydrogen (secondary N) is 1. The lowest BCUT2D eigenvalue weighted by Crippen LogP contribution is -2.21. The van der Waals surface area contributed by atoms with Crippen molar-refractivity contribution in [2.45, 2.75) is 39.5 Å². The molecule has 1 aliphatic heterocycles.